The molecular weight excluding hydrogens is 307 g/mol. The smallest absolute Gasteiger partial charge is 0.144 e. The molecular formula is C16H14Cl2N2O. The van der Waals surface area contributed by atoms with E-state index in [9.17, 15) is 5.11 Å². The highest BCUT2D eigenvalue weighted by atomic mass is 35.5. The molecule has 0 aliphatic carbocycles. The van der Waals surface area contributed by atoms with Crippen molar-refractivity contribution in [3.8, 4) is 17.1 Å². The van der Waals surface area contributed by atoms with Gasteiger partial charge in [-0.2, -0.15) is 0 Å². The van der Waals surface area contributed by atoms with Crippen LogP contribution in [0.1, 0.15) is 13.3 Å². The maximum atomic E-state index is 10.2. The summed E-state index contributed by atoms with van der Waals surface area (Å²) in [5.74, 6) is 0.851. The minimum absolute atomic E-state index is 0.126. The summed E-state index contributed by atoms with van der Waals surface area (Å²) in [6.45, 7) is 2.90. The Bertz CT molecular complexity index is 811. The summed E-state index contributed by atoms with van der Waals surface area (Å²) < 4.78 is 2.07. The summed E-state index contributed by atoms with van der Waals surface area (Å²) in [7, 11) is 0. The Morgan fingerprint density at radius 3 is 2.52 bits per heavy atom. The van der Waals surface area contributed by atoms with Gasteiger partial charge in [-0.1, -0.05) is 30.1 Å². The molecule has 0 bridgehead atoms. The zero-order valence-electron chi connectivity index (χ0n) is 11.5. The van der Waals surface area contributed by atoms with E-state index in [-0.39, 0.29) is 5.75 Å². The van der Waals surface area contributed by atoms with Crippen molar-refractivity contribution in [2.45, 2.75) is 19.9 Å². The summed E-state index contributed by atoms with van der Waals surface area (Å²) in [6, 6.07) is 10.7. The van der Waals surface area contributed by atoms with Gasteiger partial charge < -0.3 is 9.67 Å². The lowest BCUT2D eigenvalue weighted by Gasteiger charge is -2.09. The monoisotopic (exact) mass is 320 g/mol. The molecule has 0 atom stereocenters. The third-order valence-corrected chi connectivity index (χ3v) is 3.83. The lowest BCUT2D eigenvalue weighted by atomic mass is 10.2. The average molecular weight is 321 g/mol. The number of rotatable bonds is 3. The third-order valence-electron chi connectivity index (χ3n) is 3.36. The number of fused-ring (bicyclic) bond motifs is 1. The standard InChI is InChI=1S/C16H14Cl2N2O/c1-2-7-20-14-8-10(17)4-6-13(14)19-16(20)12-5-3-11(18)9-15(12)21/h3-6,8-9,21H,2,7H2,1H3. The van der Waals surface area contributed by atoms with Gasteiger partial charge in [0.05, 0.1) is 16.6 Å². The van der Waals surface area contributed by atoms with Crippen molar-refractivity contribution in [2.75, 3.05) is 0 Å². The van der Waals surface area contributed by atoms with Gasteiger partial charge in [0.15, 0.2) is 0 Å². The molecule has 0 amide bonds. The summed E-state index contributed by atoms with van der Waals surface area (Å²) in [6.07, 6.45) is 0.958. The molecule has 0 aliphatic heterocycles. The van der Waals surface area contributed by atoms with Crippen molar-refractivity contribution in [3.63, 3.8) is 0 Å². The highest BCUT2D eigenvalue weighted by Crippen LogP contribution is 2.34. The number of halogens is 2. The molecule has 0 unspecified atom stereocenters. The Hall–Kier alpha value is -1.71. The maximum Gasteiger partial charge on any atom is 0.144 e. The highest BCUT2D eigenvalue weighted by molar-refractivity contribution is 6.31. The summed E-state index contributed by atoms with van der Waals surface area (Å²) >= 11 is 12.0. The number of aryl methyl sites for hydroxylation is 1. The first kappa shape index (κ1) is 14.2. The molecule has 1 N–H and O–H groups in total. The molecule has 0 saturated heterocycles. The molecule has 2 aromatic carbocycles. The molecule has 0 radical (unpaired) electrons. The van der Waals surface area contributed by atoms with Crippen LogP contribution in [0.2, 0.25) is 10.0 Å². The number of phenolic OH excluding ortho intramolecular Hbond substituents is 1. The fraction of sp³-hybridized carbons (Fsp3) is 0.188. The molecule has 3 aromatic rings. The Labute approximate surface area is 132 Å². The van der Waals surface area contributed by atoms with Crippen molar-refractivity contribution < 1.29 is 5.11 Å². The van der Waals surface area contributed by atoms with E-state index in [4.69, 9.17) is 23.2 Å². The highest BCUT2D eigenvalue weighted by Gasteiger charge is 2.15. The van der Waals surface area contributed by atoms with Crippen LogP contribution >= 0.6 is 23.2 Å². The van der Waals surface area contributed by atoms with Gasteiger partial charge in [0, 0.05) is 16.6 Å². The molecule has 1 aromatic heterocycles. The van der Waals surface area contributed by atoms with Crippen LogP contribution in [-0.2, 0) is 6.54 Å². The number of nitrogens with zero attached hydrogens (tertiary/aromatic N) is 2. The molecule has 0 fully saturated rings. The van der Waals surface area contributed by atoms with Crippen LogP contribution in [0.25, 0.3) is 22.4 Å². The van der Waals surface area contributed by atoms with E-state index in [1.165, 1.54) is 6.07 Å². The normalized spacial score (nSPS) is 11.2. The molecule has 108 valence electrons. The number of benzene rings is 2. The van der Waals surface area contributed by atoms with Gasteiger partial charge in [-0.25, -0.2) is 4.98 Å². The van der Waals surface area contributed by atoms with Crippen molar-refractivity contribution in [1.29, 1.82) is 0 Å². The average Bonchev–Trinajstić information content (AvgIpc) is 2.78. The van der Waals surface area contributed by atoms with Crippen LogP contribution in [0.5, 0.6) is 5.75 Å². The second-order valence-electron chi connectivity index (χ2n) is 4.88. The molecule has 0 saturated carbocycles. The van der Waals surface area contributed by atoms with Crippen LogP contribution in [0, 0.1) is 0 Å². The molecule has 21 heavy (non-hydrogen) atoms. The second kappa shape index (κ2) is 5.58. The molecule has 0 spiro atoms. The van der Waals surface area contributed by atoms with E-state index >= 15 is 0 Å². The predicted octanol–water partition coefficient (Wildman–Crippen LogP) is 5.13. The third kappa shape index (κ3) is 2.59. The van der Waals surface area contributed by atoms with Crippen LogP contribution in [-0.4, -0.2) is 14.7 Å². The van der Waals surface area contributed by atoms with Crippen molar-refractivity contribution in [3.05, 3.63) is 46.4 Å². The predicted molar refractivity (Wildman–Crippen MR) is 87.1 cm³/mol. The van der Waals surface area contributed by atoms with Crippen LogP contribution in [0.15, 0.2) is 36.4 Å². The van der Waals surface area contributed by atoms with Gasteiger partial charge in [-0.05, 0) is 42.8 Å². The van der Waals surface area contributed by atoms with E-state index in [1.54, 1.807) is 12.1 Å². The lowest BCUT2D eigenvalue weighted by molar-refractivity contribution is 0.476. The molecule has 0 aliphatic rings. The fourth-order valence-electron chi connectivity index (χ4n) is 2.45. The van der Waals surface area contributed by atoms with E-state index < -0.39 is 0 Å². The Kier molecular flexibility index (Phi) is 3.79. The molecule has 3 nitrogen and oxygen atoms in total. The minimum Gasteiger partial charge on any atom is -0.507 e. The molecule has 1 heterocycles. The van der Waals surface area contributed by atoms with Gasteiger partial charge in [-0.3, -0.25) is 0 Å². The lowest BCUT2D eigenvalue weighted by Crippen LogP contribution is -1.99. The summed E-state index contributed by atoms with van der Waals surface area (Å²) in [5, 5.41) is 11.3. The molecule has 5 heteroatoms. The number of aromatic nitrogens is 2. The van der Waals surface area contributed by atoms with E-state index in [0.717, 1.165) is 29.8 Å². The fourth-order valence-corrected chi connectivity index (χ4v) is 2.78. The zero-order valence-corrected chi connectivity index (χ0v) is 13.0. The Balaban J connectivity index is 2.28. The van der Waals surface area contributed by atoms with Gasteiger partial charge >= 0.3 is 0 Å². The SMILES string of the molecule is CCCn1c(-c2ccc(Cl)cc2O)nc2ccc(Cl)cc21. The number of hydrogen-bond donors (Lipinski definition) is 1. The number of imidazole rings is 1. The number of hydrogen-bond acceptors (Lipinski definition) is 2. The first-order valence-corrected chi connectivity index (χ1v) is 7.50. The first-order valence-electron chi connectivity index (χ1n) is 6.75. The van der Waals surface area contributed by atoms with Crippen LogP contribution in [0.3, 0.4) is 0 Å². The van der Waals surface area contributed by atoms with E-state index in [0.29, 0.717) is 15.6 Å². The van der Waals surface area contributed by atoms with E-state index in [1.807, 2.05) is 18.2 Å². The minimum atomic E-state index is 0.126. The Morgan fingerprint density at radius 1 is 1.10 bits per heavy atom. The van der Waals surface area contributed by atoms with Crippen LogP contribution in [0.4, 0.5) is 0 Å². The summed E-state index contributed by atoms with van der Waals surface area (Å²) in [4.78, 5) is 4.63. The van der Waals surface area contributed by atoms with Crippen LogP contribution < -0.4 is 0 Å². The van der Waals surface area contributed by atoms with Crippen molar-refractivity contribution in [1.82, 2.24) is 9.55 Å². The van der Waals surface area contributed by atoms with E-state index in [2.05, 4.69) is 16.5 Å². The molecule has 3 rings (SSSR count). The second-order valence-corrected chi connectivity index (χ2v) is 5.75. The zero-order chi connectivity index (χ0) is 15.0. The number of phenols is 1. The topological polar surface area (TPSA) is 38.0 Å². The van der Waals surface area contributed by atoms with Crippen molar-refractivity contribution in [2.24, 2.45) is 0 Å². The van der Waals surface area contributed by atoms with Gasteiger partial charge in [0.1, 0.15) is 11.6 Å². The Morgan fingerprint density at radius 2 is 1.81 bits per heavy atom. The summed E-state index contributed by atoms with van der Waals surface area (Å²) in [5.41, 5.74) is 2.49. The number of aromatic hydroxyl groups is 1. The largest absolute Gasteiger partial charge is 0.507 e. The maximum absolute atomic E-state index is 10.2. The van der Waals surface area contributed by atoms with Gasteiger partial charge in [0.25, 0.3) is 0 Å². The van der Waals surface area contributed by atoms with Crippen molar-refractivity contribution >= 4 is 34.2 Å². The first-order chi connectivity index (χ1) is 10.1. The van der Waals surface area contributed by atoms with Gasteiger partial charge in [-0.15, -0.1) is 0 Å². The van der Waals surface area contributed by atoms with Gasteiger partial charge in [0.2, 0.25) is 0 Å². The quantitative estimate of drug-likeness (QED) is 0.726.